The summed E-state index contributed by atoms with van der Waals surface area (Å²) >= 11 is 0. The van der Waals surface area contributed by atoms with Crippen LogP contribution in [0.1, 0.15) is 39.5 Å². The van der Waals surface area contributed by atoms with Crippen molar-refractivity contribution in [1.82, 2.24) is 0 Å². The van der Waals surface area contributed by atoms with Crippen LogP contribution >= 0.6 is 0 Å². The fourth-order valence-corrected chi connectivity index (χ4v) is 4.68. The second-order valence-corrected chi connectivity index (χ2v) is 6.01. The Bertz CT molecular complexity index is 275. The molecule has 0 amide bonds. The zero-order valence-electron chi connectivity index (χ0n) is 9.31. The molecule has 2 aliphatic carbocycles. The Balaban J connectivity index is 2.05. The largest absolute Gasteiger partial charge is 0.374 e. The lowest BCUT2D eigenvalue weighted by Crippen LogP contribution is -2.44. The molecule has 0 aromatic rings. The summed E-state index contributed by atoms with van der Waals surface area (Å²) in [6.07, 6.45) is 5.11. The normalized spacial score (nSPS) is 59.8. The Kier molecular flexibility index (Phi) is 1.54. The van der Waals surface area contributed by atoms with Gasteiger partial charge in [-0.3, -0.25) is 0 Å². The van der Waals surface area contributed by atoms with Gasteiger partial charge in [-0.1, -0.05) is 13.8 Å². The van der Waals surface area contributed by atoms with Crippen LogP contribution in [-0.2, 0) is 4.74 Å². The van der Waals surface area contributed by atoms with E-state index in [0.29, 0.717) is 10.8 Å². The van der Waals surface area contributed by atoms with Crippen LogP contribution in [0.25, 0.3) is 0 Å². The van der Waals surface area contributed by atoms with Crippen LogP contribution in [0, 0.1) is 16.7 Å². The quantitative estimate of drug-likeness (QED) is 0.730. The molecule has 1 aliphatic heterocycles. The van der Waals surface area contributed by atoms with Gasteiger partial charge in [0, 0.05) is 10.8 Å². The molecule has 1 saturated heterocycles. The van der Waals surface area contributed by atoms with Crippen LogP contribution in [0.15, 0.2) is 0 Å². The van der Waals surface area contributed by atoms with Crippen LogP contribution in [0.4, 0.5) is 0 Å². The highest BCUT2D eigenvalue weighted by Crippen LogP contribution is 2.75. The van der Waals surface area contributed by atoms with Crippen molar-refractivity contribution in [2.24, 2.45) is 22.5 Å². The van der Waals surface area contributed by atoms with E-state index in [-0.39, 0.29) is 5.60 Å². The SMILES string of the molecule is C[C@]12CC[C@@H]3C[C@@]1(CCN)OC[C@@]32C. The van der Waals surface area contributed by atoms with E-state index in [1.54, 1.807) is 0 Å². The third-order valence-electron chi connectivity index (χ3n) is 5.93. The van der Waals surface area contributed by atoms with Crippen LogP contribution < -0.4 is 5.73 Å². The minimum atomic E-state index is 0.152. The molecular weight excluding hydrogens is 174 g/mol. The summed E-state index contributed by atoms with van der Waals surface area (Å²) in [5, 5.41) is 0. The lowest BCUT2D eigenvalue weighted by molar-refractivity contribution is -0.0870. The van der Waals surface area contributed by atoms with Crippen molar-refractivity contribution in [1.29, 1.82) is 0 Å². The predicted molar refractivity (Wildman–Crippen MR) is 55.9 cm³/mol. The monoisotopic (exact) mass is 195 g/mol. The van der Waals surface area contributed by atoms with E-state index < -0.39 is 0 Å². The van der Waals surface area contributed by atoms with Gasteiger partial charge in [-0.25, -0.2) is 0 Å². The fraction of sp³-hybridized carbons (Fsp3) is 1.00. The van der Waals surface area contributed by atoms with Crippen molar-refractivity contribution in [3.63, 3.8) is 0 Å². The number of nitrogens with two attached hydrogens (primary N) is 1. The lowest BCUT2D eigenvalue weighted by Gasteiger charge is -2.41. The Morgan fingerprint density at radius 1 is 1.43 bits per heavy atom. The molecule has 0 spiro atoms. The van der Waals surface area contributed by atoms with E-state index >= 15 is 0 Å². The first-order valence-electron chi connectivity index (χ1n) is 5.92. The summed E-state index contributed by atoms with van der Waals surface area (Å²) < 4.78 is 6.14. The molecule has 0 aromatic carbocycles. The smallest absolute Gasteiger partial charge is 0.0757 e. The highest BCUT2D eigenvalue weighted by atomic mass is 16.5. The number of hydrogen-bond acceptors (Lipinski definition) is 2. The first-order chi connectivity index (χ1) is 6.58. The van der Waals surface area contributed by atoms with Gasteiger partial charge in [0.1, 0.15) is 0 Å². The third-order valence-corrected chi connectivity index (χ3v) is 5.93. The second-order valence-electron chi connectivity index (χ2n) is 6.01. The molecule has 2 heteroatoms. The summed E-state index contributed by atoms with van der Waals surface area (Å²) in [6.45, 7) is 6.64. The van der Waals surface area contributed by atoms with Crippen molar-refractivity contribution < 1.29 is 4.74 Å². The standard InChI is InChI=1S/C12H21NO/c1-10-8-14-12(5-6-13)7-9(10)3-4-11(10,12)2/h9H,3-8,13H2,1-2H3/t9-,10+,11-,12-/m1/s1. The van der Waals surface area contributed by atoms with Gasteiger partial charge in [0.05, 0.1) is 12.2 Å². The average molecular weight is 195 g/mol. The molecule has 3 fully saturated rings. The van der Waals surface area contributed by atoms with Gasteiger partial charge in [0.25, 0.3) is 0 Å². The Morgan fingerprint density at radius 3 is 2.79 bits per heavy atom. The van der Waals surface area contributed by atoms with Crippen molar-refractivity contribution >= 4 is 0 Å². The number of rotatable bonds is 2. The Hall–Kier alpha value is -0.0800. The van der Waals surface area contributed by atoms with Crippen molar-refractivity contribution in [2.75, 3.05) is 13.2 Å². The molecule has 0 aromatic heterocycles. The van der Waals surface area contributed by atoms with Crippen LogP contribution in [0.2, 0.25) is 0 Å². The van der Waals surface area contributed by atoms with E-state index in [1.807, 2.05) is 0 Å². The van der Waals surface area contributed by atoms with Gasteiger partial charge in [-0.05, 0) is 38.1 Å². The molecule has 14 heavy (non-hydrogen) atoms. The van der Waals surface area contributed by atoms with Gasteiger partial charge in [0.15, 0.2) is 0 Å². The maximum atomic E-state index is 6.14. The fourth-order valence-electron chi connectivity index (χ4n) is 4.68. The number of hydrogen-bond donors (Lipinski definition) is 1. The number of ether oxygens (including phenoxy) is 1. The zero-order chi connectivity index (χ0) is 10.0. The first kappa shape index (κ1) is 9.17. The van der Waals surface area contributed by atoms with Crippen molar-refractivity contribution in [2.45, 2.75) is 45.1 Å². The predicted octanol–water partition coefficient (Wildman–Crippen LogP) is 1.93. The summed E-state index contributed by atoms with van der Waals surface area (Å²) in [5.41, 5.74) is 6.77. The van der Waals surface area contributed by atoms with E-state index in [1.165, 1.54) is 19.3 Å². The molecule has 4 atom stereocenters. The molecule has 2 saturated carbocycles. The molecule has 2 N–H and O–H groups in total. The second kappa shape index (κ2) is 2.35. The molecule has 3 aliphatic rings. The molecule has 0 unspecified atom stereocenters. The van der Waals surface area contributed by atoms with Gasteiger partial charge in [-0.2, -0.15) is 0 Å². The van der Waals surface area contributed by atoms with E-state index in [0.717, 1.165) is 25.5 Å². The topological polar surface area (TPSA) is 35.2 Å². The highest BCUT2D eigenvalue weighted by molar-refractivity contribution is 5.23. The molecule has 80 valence electrons. The van der Waals surface area contributed by atoms with Crippen LogP contribution in [-0.4, -0.2) is 18.8 Å². The lowest BCUT2D eigenvalue weighted by atomic mass is 9.65. The maximum Gasteiger partial charge on any atom is 0.0757 e. The minimum Gasteiger partial charge on any atom is -0.374 e. The molecule has 4 bridgehead atoms. The van der Waals surface area contributed by atoms with E-state index in [9.17, 15) is 0 Å². The Morgan fingerprint density at radius 2 is 2.21 bits per heavy atom. The van der Waals surface area contributed by atoms with Gasteiger partial charge in [0.2, 0.25) is 0 Å². The first-order valence-corrected chi connectivity index (χ1v) is 5.92. The average Bonchev–Trinajstić information content (AvgIpc) is 2.59. The zero-order valence-corrected chi connectivity index (χ0v) is 9.31. The van der Waals surface area contributed by atoms with Gasteiger partial charge in [-0.15, -0.1) is 0 Å². The van der Waals surface area contributed by atoms with Gasteiger partial charge >= 0.3 is 0 Å². The highest BCUT2D eigenvalue weighted by Gasteiger charge is 2.75. The summed E-state index contributed by atoms with van der Waals surface area (Å²) in [7, 11) is 0. The molecule has 1 heterocycles. The summed E-state index contributed by atoms with van der Waals surface area (Å²) in [4.78, 5) is 0. The molecule has 3 rings (SSSR count). The summed E-state index contributed by atoms with van der Waals surface area (Å²) in [5.74, 6) is 0.910. The maximum absolute atomic E-state index is 6.14. The third kappa shape index (κ3) is 0.674. The van der Waals surface area contributed by atoms with E-state index in [4.69, 9.17) is 10.5 Å². The Labute approximate surface area is 86.2 Å². The summed E-state index contributed by atoms with van der Waals surface area (Å²) in [6, 6.07) is 0. The molecule has 0 radical (unpaired) electrons. The minimum absolute atomic E-state index is 0.152. The van der Waals surface area contributed by atoms with Crippen LogP contribution in [0.5, 0.6) is 0 Å². The van der Waals surface area contributed by atoms with Gasteiger partial charge < -0.3 is 10.5 Å². The molecule has 2 nitrogen and oxygen atoms in total. The molecular formula is C12H21NO. The van der Waals surface area contributed by atoms with Crippen LogP contribution in [0.3, 0.4) is 0 Å². The van der Waals surface area contributed by atoms with Crippen molar-refractivity contribution in [3.05, 3.63) is 0 Å². The van der Waals surface area contributed by atoms with Crippen molar-refractivity contribution in [3.8, 4) is 0 Å². The van der Waals surface area contributed by atoms with E-state index in [2.05, 4.69) is 13.8 Å².